The summed E-state index contributed by atoms with van der Waals surface area (Å²) in [5, 5.41) is 2.48. The van der Waals surface area contributed by atoms with Gasteiger partial charge in [-0.05, 0) is 38.1 Å². The third-order valence-corrected chi connectivity index (χ3v) is 3.35. The fourth-order valence-electron chi connectivity index (χ4n) is 2.30. The van der Waals surface area contributed by atoms with Crippen molar-refractivity contribution < 1.29 is 18.7 Å². The fourth-order valence-corrected chi connectivity index (χ4v) is 2.30. The highest BCUT2D eigenvalue weighted by Crippen LogP contribution is 2.29. The van der Waals surface area contributed by atoms with Crippen LogP contribution in [0.1, 0.15) is 20.8 Å². The first kappa shape index (κ1) is 18.4. The van der Waals surface area contributed by atoms with Gasteiger partial charge in [0, 0.05) is 6.92 Å². The lowest BCUT2D eigenvalue weighted by atomic mass is 10.2. The van der Waals surface area contributed by atoms with Crippen LogP contribution < -0.4 is 15.0 Å². The molecule has 2 rings (SSSR count). The number of carbonyl (C=O) groups is 2. The Hall–Kier alpha value is -2.89. The smallest absolute Gasteiger partial charge is 0.244 e. The van der Waals surface area contributed by atoms with Crippen LogP contribution in [0.2, 0.25) is 0 Å². The summed E-state index contributed by atoms with van der Waals surface area (Å²) in [6.07, 6.45) is -0.0813. The molecule has 0 aliphatic carbocycles. The highest BCUT2D eigenvalue weighted by atomic mass is 19.1. The van der Waals surface area contributed by atoms with E-state index >= 15 is 0 Å². The Morgan fingerprint density at radius 1 is 1.12 bits per heavy atom. The first-order valence-corrected chi connectivity index (χ1v) is 7.96. The molecular weight excluding hydrogens is 323 g/mol. The Kier molecular flexibility index (Phi) is 6.11. The van der Waals surface area contributed by atoms with E-state index < -0.39 is 11.7 Å². The third-order valence-electron chi connectivity index (χ3n) is 3.35. The molecule has 0 radical (unpaired) electrons. The quantitative estimate of drug-likeness (QED) is 0.871. The summed E-state index contributed by atoms with van der Waals surface area (Å²) in [5.74, 6) is -0.844. The van der Waals surface area contributed by atoms with Crippen LogP contribution in [-0.2, 0) is 9.59 Å². The Balaban J connectivity index is 2.21. The third kappa shape index (κ3) is 5.04. The minimum Gasteiger partial charge on any atom is -0.489 e. The van der Waals surface area contributed by atoms with Gasteiger partial charge >= 0.3 is 0 Å². The second-order valence-electron chi connectivity index (χ2n) is 5.77. The highest BCUT2D eigenvalue weighted by Gasteiger charge is 2.20. The van der Waals surface area contributed by atoms with Gasteiger partial charge in [0.1, 0.15) is 18.1 Å². The Morgan fingerprint density at radius 2 is 1.76 bits per heavy atom. The standard InChI is InChI=1S/C19H21FN2O3/c1-13(2)25-18-11-7-6-10-17(18)22(14(3)23)12-19(24)21-16-9-5-4-8-15(16)20/h4-11,13H,12H2,1-3H3,(H,21,24). The number of ether oxygens (including phenoxy) is 1. The molecule has 2 aromatic rings. The molecule has 0 fully saturated rings. The summed E-state index contributed by atoms with van der Waals surface area (Å²) in [4.78, 5) is 25.6. The monoisotopic (exact) mass is 344 g/mol. The number of carbonyl (C=O) groups excluding carboxylic acids is 2. The van der Waals surface area contributed by atoms with E-state index in [-0.39, 0.29) is 24.2 Å². The molecule has 0 spiro atoms. The number of anilines is 2. The molecule has 0 aliphatic heterocycles. The number of nitrogens with zero attached hydrogens (tertiary/aromatic N) is 1. The summed E-state index contributed by atoms with van der Waals surface area (Å²) in [6.45, 7) is 4.87. The van der Waals surface area contributed by atoms with E-state index in [1.54, 1.807) is 30.3 Å². The molecule has 1 N–H and O–H groups in total. The first-order valence-electron chi connectivity index (χ1n) is 7.96. The van der Waals surface area contributed by atoms with E-state index in [1.165, 1.54) is 30.0 Å². The molecule has 0 aliphatic rings. The lowest BCUT2D eigenvalue weighted by Gasteiger charge is -2.24. The van der Waals surface area contributed by atoms with Gasteiger partial charge in [-0.25, -0.2) is 4.39 Å². The lowest BCUT2D eigenvalue weighted by Crippen LogP contribution is -2.37. The van der Waals surface area contributed by atoms with Crippen molar-refractivity contribution in [1.29, 1.82) is 0 Å². The van der Waals surface area contributed by atoms with Crippen LogP contribution in [0.3, 0.4) is 0 Å². The average Bonchev–Trinajstić information content (AvgIpc) is 2.55. The summed E-state index contributed by atoms with van der Waals surface area (Å²) in [7, 11) is 0. The van der Waals surface area contributed by atoms with Crippen molar-refractivity contribution in [3.8, 4) is 5.75 Å². The number of benzene rings is 2. The van der Waals surface area contributed by atoms with Gasteiger partial charge in [-0.15, -0.1) is 0 Å². The van der Waals surface area contributed by atoms with Crippen LogP contribution in [0, 0.1) is 5.82 Å². The van der Waals surface area contributed by atoms with Gasteiger partial charge in [0.15, 0.2) is 0 Å². The molecular formula is C19H21FN2O3. The Labute approximate surface area is 146 Å². The molecule has 0 unspecified atom stereocenters. The van der Waals surface area contributed by atoms with Crippen molar-refractivity contribution in [2.24, 2.45) is 0 Å². The average molecular weight is 344 g/mol. The molecule has 2 aromatic carbocycles. The van der Waals surface area contributed by atoms with E-state index in [4.69, 9.17) is 4.74 Å². The number of amides is 2. The van der Waals surface area contributed by atoms with Gasteiger partial charge in [-0.1, -0.05) is 24.3 Å². The molecule has 5 nitrogen and oxygen atoms in total. The number of hydrogen-bond acceptors (Lipinski definition) is 3. The van der Waals surface area contributed by atoms with Crippen LogP contribution in [0.25, 0.3) is 0 Å². The van der Waals surface area contributed by atoms with Crippen molar-refractivity contribution in [2.45, 2.75) is 26.9 Å². The Morgan fingerprint density at radius 3 is 2.40 bits per heavy atom. The van der Waals surface area contributed by atoms with Gasteiger partial charge in [0.2, 0.25) is 11.8 Å². The Bertz CT molecular complexity index is 762. The zero-order valence-electron chi connectivity index (χ0n) is 14.5. The van der Waals surface area contributed by atoms with Crippen molar-refractivity contribution >= 4 is 23.2 Å². The number of para-hydroxylation sites is 3. The molecule has 2 amide bonds. The summed E-state index contributed by atoms with van der Waals surface area (Å²) in [5.41, 5.74) is 0.565. The summed E-state index contributed by atoms with van der Waals surface area (Å²) in [6, 6.07) is 12.9. The van der Waals surface area contributed by atoms with Crippen LogP contribution >= 0.6 is 0 Å². The zero-order valence-corrected chi connectivity index (χ0v) is 14.5. The van der Waals surface area contributed by atoms with Gasteiger partial charge in [0.25, 0.3) is 0 Å². The maximum Gasteiger partial charge on any atom is 0.244 e. The summed E-state index contributed by atoms with van der Waals surface area (Å²) < 4.78 is 19.4. The molecule has 0 aromatic heterocycles. The van der Waals surface area contributed by atoms with E-state index in [0.29, 0.717) is 11.4 Å². The largest absolute Gasteiger partial charge is 0.489 e. The van der Waals surface area contributed by atoms with Gasteiger partial charge < -0.3 is 10.1 Å². The van der Waals surface area contributed by atoms with Gasteiger partial charge in [0.05, 0.1) is 17.5 Å². The van der Waals surface area contributed by atoms with Crippen molar-refractivity contribution in [2.75, 3.05) is 16.8 Å². The van der Waals surface area contributed by atoms with Gasteiger partial charge in [-0.2, -0.15) is 0 Å². The SMILES string of the molecule is CC(=O)N(CC(=O)Nc1ccccc1F)c1ccccc1OC(C)C. The molecule has 25 heavy (non-hydrogen) atoms. The zero-order chi connectivity index (χ0) is 18.4. The summed E-state index contributed by atoms with van der Waals surface area (Å²) >= 11 is 0. The normalized spacial score (nSPS) is 10.4. The minimum absolute atomic E-state index is 0.0720. The van der Waals surface area contributed by atoms with Crippen LogP contribution in [0.4, 0.5) is 15.8 Å². The molecule has 0 atom stereocenters. The highest BCUT2D eigenvalue weighted by molar-refractivity contribution is 6.02. The predicted molar refractivity (Wildman–Crippen MR) is 95.3 cm³/mol. The number of halogens is 1. The number of nitrogens with one attached hydrogen (secondary N) is 1. The maximum absolute atomic E-state index is 13.7. The van der Waals surface area contributed by atoms with Crippen molar-refractivity contribution in [3.63, 3.8) is 0 Å². The van der Waals surface area contributed by atoms with E-state index in [2.05, 4.69) is 5.32 Å². The van der Waals surface area contributed by atoms with Crippen LogP contribution in [-0.4, -0.2) is 24.5 Å². The molecule has 132 valence electrons. The minimum atomic E-state index is -0.534. The molecule has 0 saturated heterocycles. The molecule has 0 heterocycles. The number of hydrogen-bond donors (Lipinski definition) is 1. The van der Waals surface area contributed by atoms with Crippen molar-refractivity contribution in [1.82, 2.24) is 0 Å². The van der Waals surface area contributed by atoms with Gasteiger partial charge in [-0.3, -0.25) is 14.5 Å². The number of rotatable bonds is 6. The van der Waals surface area contributed by atoms with E-state index in [9.17, 15) is 14.0 Å². The van der Waals surface area contributed by atoms with Crippen molar-refractivity contribution in [3.05, 3.63) is 54.3 Å². The van der Waals surface area contributed by atoms with Crippen LogP contribution in [0.5, 0.6) is 5.75 Å². The first-order chi connectivity index (χ1) is 11.9. The van der Waals surface area contributed by atoms with E-state index in [1.807, 2.05) is 13.8 Å². The molecule has 6 heteroatoms. The molecule has 0 bridgehead atoms. The second kappa shape index (κ2) is 8.28. The van der Waals surface area contributed by atoms with E-state index in [0.717, 1.165) is 0 Å². The second-order valence-corrected chi connectivity index (χ2v) is 5.77. The fraction of sp³-hybridized carbons (Fsp3) is 0.263. The maximum atomic E-state index is 13.7. The predicted octanol–water partition coefficient (Wildman–Crippen LogP) is 3.60. The van der Waals surface area contributed by atoms with Crippen LogP contribution in [0.15, 0.2) is 48.5 Å². The molecule has 0 saturated carbocycles. The topological polar surface area (TPSA) is 58.6 Å². The lowest BCUT2D eigenvalue weighted by molar-refractivity contribution is -0.120.